The van der Waals surface area contributed by atoms with Crippen LogP contribution in [0.5, 0.6) is 0 Å². The molecular formula is C35H56N8O6S. The minimum atomic E-state index is -1.37. The van der Waals surface area contributed by atoms with Crippen molar-refractivity contribution >= 4 is 35.5 Å². The molecular weight excluding hydrogens is 661 g/mol. The highest BCUT2D eigenvalue weighted by atomic mass is 32.2. The molecule has 7 rings (SSSR count). The number of ether oxygens (including phenoxy) is 1. The Morgan fingerprint density at radius 3 is 2.54 bits per heavy atom. The third-order valence-electron chi connectivity index (χ3n) is 12.3. The molecule has 0 aromatic rings. The van der Waals surface area contributed by atoms with Crippen LogP contribution >= 0.6 is 11.8 Å². The van der Waals surface area contributed by atoms with E-state index in [0.717, 1.165) is 83.1 Å². The Kier molecular flexibility index (Phi) is 11.4. The number of thioether (sulfide) groups is 1. The lowest BCUT2D eigenvalue weighted by molar-refractivity contribution is -0.146. The van der Waals surface area contributed by atoms with Gasteiger partial charge < -0.3 is 36.0 Å². The molecule has 15 heteroatoms. The van der Waals surface area contributed by atoms with Crippen LogP contribution in [0.1, 0.15) is 83.5 Å². The van der Waals surface area contributed by atoms with Gasteiger partial charge in [0.15, 0.2) is 0 Å². The summed E-state index contributed by atoms with van der Waals surface area (Å²) in [6, 6.07) is -1.93. The second-order valence-electron chi connectivity index (χ2n) is 15.4. The summed E-state index contributed by atoms with van der Waals surface area (Å²) >= 11 is 1.92. The van der Waals surface area contributed by atoms with E-state index < -0.39 is 29.5 Å². The zero-order chi connectivity index (χ0) is 34.8. The fourth-order valence-electron chi connectivity index (χ4n) is 9.19. The number of rotatable bonds is 7. The van der Waals surface area contributed by atoms with Crippen LogP contribution in [-0.2, 0) is 23.9 Å². The molecule has 7 aliphatic rings. The number of carbonyl (C=O) groups excluding carboxylic acids is 3. The standard InChI is InChI=1S/C35H56N8O6S/c1-49-24-13-11-21(12-14-24)28-29(32-37-16-17-50-32)41-43(40-28)23-18-27-31(45)39-35(34(47)48)19-22(35)8-5-3-2-4-6-9-26(33(46)42(27)20-23)38-30(44)25-10-7-15-36-25/h5,8,21-29,32,36-37,40-41H,2-4,6-7,9-20H2,1H3,(H,38,44)(H,39,45)(H,47,48)/b8-5-/t21?,22-,23-,24?,25?,26+,27+,28?,29?,32?,35-/m1/s1. The number of methoxy groups -OCH3 is 1. The second kappa shape index (κ2) is 15.8. The number of allylic oxidation sites excluding steroid dienone is 1. The van der Waals surface area contributed by atoms with E-state index in [-0.39, 0.29) is 53.8 Å². The van der Waals surface area contributed by atoms with Crippen LogP contribution in [0.4, 0.5) is 0 Å². The molecule has 0 bridgehead atoms. The first-order chi connectivity index (χ1) is 24.3. The van der Waals surface area contributed by atoms with Gasteiger partial charge in [0.25, 0.3) is 0 Å². The van der Waals surface area contributed by atoms with Gasteiger partial charge in [-0.1, -0.05) is 25.0 Å². The highest BCUT2D eigenvalue weighted by Crippen LogP contribution is 2.45. The molecule has 2 saturated carbocycles. The number of hydrogen-bond acceptors (Lipinski definition) is 11. The van der Waals surface area contributed by atoms with Gasteiger partial charge in [0.1, 0.15) is 17.6 Å². The van der Waals surface area contributed by atoms with Crippen molar-refractivity contribution in [1.29, 1.82) is 0 Å². The van der Waals surface area contributed by atoms with E-state index in [2.05, 4.69) is 32.1 Å². The van der Waals surface area contributed by atoms with Crippen molar-refractivity contribution in [2.75, 3.05) is 32.5 Å². The molecule has 0 aromatic heterocycles. The van der Waals surface area contributed by atoms with Crippen molar-refractivity contribution in [3.8, 4) is 0 Å². The van der Waals surface area contributed by atoms with Crippen molar-refractivity contribution in [1.82, 2.24) is 42.1 Å². The largest absolute Gasteiger partial charge is 0.479 e. The lowest BCUT2D eigenvalue weighted by Crippen LogP contribution is -2.57. The Morgan fingerprint density at radius 1 is 1.00 bits per heavy atom. The summed E-state index contributed by atoms with van der Waals surface area (Å²) in [7, 11) is 1.79. The van der Waals surface area contributed by atoms with Gasteiger partial charge in [-0.15, -0.1) is 11.8 Å². The summed E-state index contributed by atoms with van der Waals surface area (Å²) in [4.78, 5) is 56.3. The molecule has 5 heterocycles. The maximum atomic E-state index is 14.6. The van der Waals surface area contributed by atoms with E-state index in [1.54, 1.807) is 12.0 Å². The number of nitrogens with one attached hydrogen (secondary N) is 6. The van der Waals surface area contributed by atoms with Crippen molar-refractivity contribution < 1.29 is 29.0 Å². The molecule has 9 atom stereocenters. The van der Waals surface area contributed by atoms with Crippen LogP contribution in [0.25, 0.3) is 0 Å². The van der Waals surface area contributed by atoms with E-state index in [4.69, 9.17) is 4.74 Å². The summed E-state index contributed by atoms with van der Waals surface area (Å²) < 4.78 is 5.66. The first-order valence-corrected chi connectivity index (χ1v) is 20.1. The smallest absolute Gasteiger partial charge is 0.330 e. The molecule has 14 nitrogen and oxygen atoms in total. The Hall–Kier alpha value is -2.27. The lowest BCUT2D eigenvalue weighted by Gasteiger charge is -2.35. The lowest BCUT2D eigenvalue weighted by atomic mass is 9.80. The van der Waals surface area contributed by atoms with Gasteiger partial charge in [0, 0.05) is 37.9 Å². The van der Waals surface area contributed by atoms with Crippen molar-refractivity contribution in [3.63, 3.8) is 0 Å². The normalized spacial score (nSPS) is 42.2. The molecule has 278 valence electrons. The van der Waals surface area contributed by atoms with Crippen LogP contribution in [0, 0.1) is 11.8 Å². The van der Waals surface area contributed by atoms with E-state index >= 15 is 0 Å². The van der Waals surface area contributed by atoms with Gasteiger partial charge in [-0.05, 0) is 83.1 Å². The SMILES string of the molecule is COC1CCC(C2NN([C@@H]3C[C@H]4C(=O)N[C@]5(C(=O)O)C[C@H]5/C=C\CCCCC[C@H](NC(=O)C5CCCN5)C(=O)N4C3)NC2C2NCCS2)CC1. The van der Waals surface area contributed by atoms with Gasteiger partial charge in [0.2, 0.25) is 17.7 Å². The third-order valence-corrected chi connectivity index (χ3v) is 13.5. The minimum absolute atomic E-state index is 0.120. The average Bonchev–Trinajstić information content (AvgIpc) is 3.77. The summed E-state index contributed by atoms with van der Waals surface area (Å²) in [5, 5.41) is 25.4. The predicted molar refractivity (Wildman–Crippen MR) is 188 cm³/mol. The Balaban J connectivity index is 1.14. The molecule has 4 saturated heterocycles. The number of carboxylic acid groups (broad SMARTS) is 1. The quantitative estimate of drug-likeness (QED) is 0.183. The maximum absolute atomic E-state index is 14.6. The molecule has 3 amide bonds. The summed E-state index contributed by atoms with van der Waals surface area (Å²) in [5.41, 5.74) is 6.20. The van der Waals surface area contributed by atoms with E-state index in [0.29, 0.717) is 31.3 Å². The van der Waals surface area contributed by atoms with Crippen molar-refractivity contribution in [2.24, 2.45) is 11.8 Å². The van der Waals surface area contributed by atoms with Crippen molar-refractivity contribution in [2.45, 2.75) is 137 Å². The Morgan fingerprint density at radius 2 is 1.82 bits per heavy atom. The summed E-state index contributed by atoms with van der Waals surface area (Å²) in [5.74, 6) is -0.744. The minimum Gasteiger partial charge on any atom is -0.479 e. The zero-order valence-electron chi connectivity index (χ0n) is 29.2. The number of amides is 3. The molecule has 6 fully saturated rings. The molecule has 0 radical (unpaired) electrons. The molecule has 0 spiro atoms. The highest BCUT2D eigenvalue weighted by molar-refractivity contribution is 8.00. The van der Waals surface area contributed by atoms with Crippen LogP contribution in [0.2, 0.25) is 0 Å². The number of hydrogen-bond donors (Lipinski definition) is 7. The number of hydrazine groups is 2. The van der Waals surface area contributed by atoms with Gasteiger partial charge in [-0.25, -0.2) is 15.6 Å². The van der Waals surface area contributed by atoms with Crippen LogP contribution in [0.3, 0.4) is 0 Å². The second-order valence-corrected chi connectivity index (χ2v) is 16.7. The topological polar surface area (TPSA) is 176 Å². The molecule has 5 aliphatic heterocycles. The number of nitrogens with zero attached hydrogens (tertiary/aromatic N) is 2. The van der Waals surface area contributed by atoms with Crippen molar-refractivity contribution in [3.05, 3.63) is 12.2 Å². The first-order valence-electron chi connectivity index (χ1n) is 19.0. The summed E-state index contributed by atoms with van der Waals surface area (Å²) in [6.07, 6.45) is 14.5. The highest BCUT2D eigenvalue weighted by Gasteiger charge is 2.61. The Bertz CT molecular complexity index is 1290. The average molecular weight is 717 g/mol. The Labute approximate surface area is 299 Å². The number of carbonyl (C=O) groups is 4. The van der Waals surface area contributed by atoms with E-state index in [1.165, 1.54) is 0 Å². The predicted octanol–water partition coefficient (Wildman–Crippen LogP) is 0.602. The van der Waals surface area contributed by atoms with E-state index in [9.17, 15) is 24.3 Å². The third kappa shape index (κ3) is 7.60. The molecule has 7 N–H and O–H groups in total. The molecule has 2 aliphatic carbocycles. The maximum Gasteiger partial charge on any atom is 0.330 e. The summed E-state index contributed by atoms with van der Waals surface area (Å²) in [6.45, 7) is 2.00. The number of carboxylic acids is 1. The zero-order valence-corrected chi connectivity index (χ0v) is 30.1. The van der Waals surface area contributed by atoms with Crippen LogP contribution in [0.15, 0.2) is 12.2 Å². The van der Waals surface area contributed by atoms with Crippen LogP contribution < -0.4 is 32.1 Å². The molecule has 4 unspecified atom stereocenters. The first kappa shape index (κ1) is 36.1. The van der Waals surface area contributed by atoms with Crippen LogP contribution in [-0.4, -0.2) is 125 Å². The fourth-order valence-corrected chi connectivity index (χ4v) is 10.4. The van der Waals surface area contributed by atoms with Gasteiger partial charge in [-0.3, -0.25) is 14.4 Å². The van der Waals surface area contributed by atoms with Gasteiger partial charge in [0.05, 0.1) is 29.6 Å². The number of aliphatic carboxylic acids is 1. The molecule has 50 heavy (non-hydrogen) atoms. The van der Waals surface area contributed by atoms with Gasteiger partial charge in [-0.2, -0.15) is 5.12 Å². The molecule has 0 aromatic carbocycles. The monoisotopic (exact) mass is 716 g/mol. The van der Waals surface area contributed by atoms with Gasteiger partial charge >= 0.3 is 5.97 Å². The number of fused-ring (bicyclic) bond motifs is 2. The fraction of sp³-hybridized carbons (Fsp3) is 0.829. The van der Waals surface area contributed by atoms with E-state index in [1.807, 2.05) is 29.0 Å².